The quantitative estimate of drug-likeness (QED) is 0.877. The molecule has 0 aliphatic carbocycles. The summed E-state index contributed by atoms with van der Waals surface area (Å²) < 4.78 is 0. The van der Waals surface area contributed by atoms with Crippen LogP contribution in [0, 0.1) is 6.92 Å². The molecule has 1 unspecified atom stereocenters. The van der Waals surface area contributed by atoms with E-state index in [0.717, 1.165) is 23.8 Å². The topological polar surface area (TPSA) is 28.2 Å². The fourth-order valence-corrected chi connectivity index (χ4v) is 3.80. The summed E-state index contributed by atoms with van der Waals surface area (Å²) in [6, 6.07) is 10.1. The number of hydrogen-bond acceptors (Lipinski definition) is 4. The van der Waals surface area contributed by atoms with Gasteiger partial charge in [-0.25, -0.2) is 4.98 Å². The van der Waals surface area contributed by atoms with Gasteiger partial charge in [0, 0.05) is 41.8 Å². The molecule has 1 atom stereocenters. The van der Waals surface area contributed by atoms with Crippen LogP contribution in [0.4, 0.5) is 5.69 Å². The molecule has 23 heavy (non-hydrogen) atoms. The van der Waals surface area contributed by atoms with Crippen LogP contribution >= 0.6 is 11.3 Å². The summed E-state index contributed by atoms with van der Waals surface area (Å²) in [4.78, 5) is 7.12. The summed E-state index contributed by atoms with van der Waals surface area (Å²) in [5.41, 5.74) is 3.66. The number of thiazole rings is 1. The van der Waals surface area contributed by atoms with Gasteiger partial charge in [-0.1, -0.05) is 19.1 Å². The molecule has 4 heteroatoms. The third-order valence-electron chi connectivity index (χ3n) is 4.75. The van der Waals surface area contributed by atoms with Crippen molar-refractivity contribution in [3.8, 4) is 11.3 Å². The number of hydrogen-bond donors (Lipinski definition) is 1. The summed E-state index contributed by atoms with van der Waals surface area (Å²) in [7, 11) is 0. The minimum atomic E-state index is 0.628. The van der Waals surface area contributed by atoms with Crippen LogP contribution in [-0.2, 0) is 0 Å². The maximum absolute atomic E-state index is 4.61. The molecule has 1 aromatic carbocycles. The van der Waals surface area contributed by atoms with Crippen LogP contribution in [-0.4, -0.2) is 30.2 Å². The minimum absolute atomic E-state index is 0.628. The lowest BCUT2D eigenvalue weighted by Crippen LogP contribution is -2.45. The van der Waals surface area contributed by atoms with Crippen molar-refractivity contribution in [2.45, 2.75) is 52.1 Å². The molecule has 1 aromatic heterocycles. The van der Waals surface area contributed by atoms with Crippen molar-refractivity contribution in [3.05, 3.63) is 34.7 Å². The highest BCUT2D eigenvalue weighted by molar-refractivity contribution is 7.09. The molecule has 3 nitrogen and oxygen atoms in total. The Balaban J connectivity index is 1.65. The molecular formula is C19H27N3S. The Hall–Kier alpha value is -1.39. The van der Waals surface area contributed by atoms with Gasteiger partial charge >= 0.3 is 0 Å². The summed E-state index contributed by atoms with van der Waals surface area (Å²) in [5.74, 6) is 0. The van der Waals surface area contributed by atoms with Crippen molar-refractivity contribution >= 4 is 17.0 Å². The Morgan fingerprint density at radius 1 is 1.35 bits per heavy atom. The average Bonchev–Trinajstić information content (AvgIpc) is 3.02. The molecule has 2 aromatic rings. The van der Waals surface area contributed by atoms with Crippen LogP contribution in [0.2, 0.25) is 0 Å². The first-order valence-electron chi connectivity index (χ1n) is 8.69. The molecule has 1 N–H and O–H groups in total. The molecule has 0 radical (unpaired) electrons. The SMILES string of the molecule is CCC(C)NC1CCN(c2cccc(-c3csc(C)n3)c2)CC1. The lowest BCUT2D eigenvalue weighted by Gasteiger charge is -2.35. The largest absolute Gasteiger partial charge is 0.371 e. The second kappa shape index (κ2) is 7.45. The second-order valence-corrected chi connectivity index (χ2v) is 7.60. The Labute approximate surface area is 143 Å². The summed E-state index contributed by atoms with van der Waals surface area (Å²) in [6.07, 6.45) is 3.66. The standard InChI is InChI=1S/C19H27N3S/c1-4-14(2)20-17-8-10-22(11-9-17)18-7-5-6-16(12-18)19-13-23-15(3)21-19/h5-7,12-14,17,20H,4,8-11H2,1-3H3. The van der Waals surface area contributed by atoms with Gasteiger partial charge in [0.05, 0.1) is 10.7 Å². The van der Waals surface area contributed by atoms with Gasteiger partial charge in [-0.15, -0.1) is 11.3 Å². The maximum atomic E-state index is 4.61. The third kappa shape index (κ3) is 4.12. The first-order valence-corrected chi connectivity index (χ1v) is 9.57. The first kappa shape index (κ1) is 16.5. The smallest absolute Gasteiger partial charge is 0.0901 e. The molecule has 0 bridgehead atoms. The fraction of sp³-hybridized carbons (Fsp3) is 0.526. The van der Waals surface area contributed by atoms with Gasteiger partial charge in [-0.05, 0) is 45.2 Å². The normalized spacial score (nSPS) is 17.4. The zero-order valence-corrected chi connectivity index (χ0v) is 15.2. The number of nitrogens with zero attached hydrogens (tertiary/aromatic N) is 2. The zero-order chi connectivity index (χ0) is 16.2. The molecule has 124 valence electrons. The van der Waals surface area contributed by atoms with Crippen LogP contribution in [0.5, 0.6) is 0 Å². The van der Waals surface area contributed by atoms with Gasteiger partial charge in [0.25, 0.3) is 0 Å². The fourth-order valence-electron chi connectivity index (χ4n) is 3.18. The van der Waals surface area contributed by atoms with E-state index in [1.54, 1.807) is 11.3 Å². The number of benzene rings is 1. The van der Waals surface area contributed by atoms with Crippen LogP contribution in [0.15, 0.2) is 29.6 Å². The van der Waals surface area contributed by atoms with Gasteiger partial charge in [-0.2, -0.15) is 0 Å². The zero-order valence-electron chi connectivity index (χ0n) is 14.4. The molecule has 1 aliphatic heterocycles. The van der Waals surface area contributed by atoms with E-state index >= 15 is 0 Å². The van der Waals surface area contributed by atoms with Gasteiger partial charge in [0.1, 0.15) is 0 Å². The summed E-state index contributed by atoms with van der Waals surface area (Å²) in [6.45, 7) is 8.86. The van der Waals surface area contributed by atoms with Crippen molar-refractivity contribution < 1.29 is 0 Å². The van der Waals surface area contributed by atoms with E-state index in [2.05, 4.69) is 65.6 Å². The lowest BCUT2D eigenvalue weighted by molar-refractivity contribution is 0.372. The average molecular weight is 330 g/mol. The number of aryl methyl sites for hydroxylation is 1. The molecule has 0 saturated carbocycles. The summed E-state index contributed by atoms with van der Waals surface area (Å²) >= 11 is 1.72. The lowest BCUT2D eigenvalue weighted by atomic mass is 10.0. The predicted molar refractivity (Wildman–Crippen MR) is 100 cm³/mol. The minimum Gasteiger partial charge on any atom is -0.371 e. The van der Waals surface area contributed by atoms with Crippen LogP contribution in [0.3, 0.4) is 0 Å². The Bertz CT molecular complexity index is 629. The van der Waals surface area contributed by atoms with E-state index < -0.39 is 0 Å². The van der Waals surface area contributed by atoms with Gasteiger partial charge in [-0.3, -0.25) is 0 Å². The van der Waals surface area contributed by atoms with Crippen LogP contribution < -0.4 is 10.2 Å². The Morgan fingerprint density at radius 2 is 2.13 bits per heavy atom. The predicted octanol–water partition coefficient (Wildman–Crippen LogP) is 4.48. The molecule has 1 fully saturated rings. The molecule has 3 rings (SSSR count). The molecular weight excluding hydrogens is 302 g/mol. The van der Waals surface area contributed by atoms with Gasteiger partial charge in [0.15, 0.2) is 0 Å². The number of anilines is 1. The third-order valence-corrected chi connectivity index (χ3v) is 5.53. The van der Waals surface area contributed by atoms with Crippen molar-refractivity contribution in [1.29, 1.82) is 0 Å². The van der Waals surface area contributed by atoms with E-state index in [9.17, 15) is 0 Å². The number of nitrogens with one attached hydrogen (secondary N) is 1. The monoisotopic (exact) mass is 329 g/mol. The van der Waals surface area contributed by atoms with Crippen LogP contribution in [0.1, 0.15) is 38.1 Å². The Morgan fingerprint density at radius 3 is 2.78 bits per heavy atom. The van der Waals surface area contributed by atoms with Crippen LogP contribution in [0.25, 0.3) is 11.3 Å². The van der Waals surface area contributed by atoms with Crippen molar-refractivity contribution in [2.75, 3.05) is 18.0 Å². The van der Waals surface area contributed by atoms with E-state index in [-0.39, 0.29) is 0 Å². The molecule has 1 aliphatic rings. The number of rotatable bonds is 5. The van der Waals surface area contributed by atoms with E-state index in [1.165, 1.54) is 30.5 Å². The summed E-state index contributed by atoms with van der Waals surface area (Å²) in [5, 5.41) is 7.02. The Kier molecular flexibility index (Phi) is 5.34. The van der Waals surface area contributed by atoms with E-state index in [1.807, 2.05) is 0 Å². The van der Waals surface area contributed by atoms with E-state index in [0.29, 0.717) is 12.1 Å². The number of piperidine rings is 1. The molecule has 0 amide bonds. The van der Waals surface area contributed by atoms with Crippen molar-refractivity contribution in [2.24, 2.45) is 0 Å². The van der Waals surface area contributed by atoms with Gasteiger partial charge in [0.2, 0.25) is 0 Å². The highest BCUT2D eigenvalue weighted by atomic mass is 32.1. The molecule has 0 spiro atoms. The molecule has 1 saturated heterocycles. The van der Waals surface area contributed by atoms with Crippen molar-refractivity contribution in [1.82, 2.24) is 10.3 Å². The molecule has 2 heterocycles. The van der Waals surface area contributed by atoms with Crippen molar-refractivity contribution in [3.63, 3.8) is 0 Å². The maximum Gasteiger partial charge on any atom is 0.0901 e. The van der Waals surface area contributed by atoms with Gasteiger partial charge < -0.3 is 10.2 Å². The second-order valence-electron chi connectivity index (χ2n) is 6.54. The highest BCUT2D eigenvalue weighted by Crippen LogP contribution is 2.27. The van der Waals surface area contributed by atoms with E-state index in [4.69, 9.17) is 0 Å². The highest BCUT2D eigenvalue weighted by Gasteiger charge is 2.20. The number of aromatic nitrogens is 1. The first-order chi connectivity index (χ1) is 11.2.